The minimum atomic E-state index is -0.294. The number of rotatable bonds is 4. The molecule has 164 valence electrons. The fourth-order valence-electron chi connectivity index (χ4n) is 5.17. The number of carbonyl (C=O) groups is 2. The molecule has 1 aromatic heterocycles. The summed E-state index contributed by atoms with van der Waals surface area (Å²) in [7, 11) is 0. The Bertz CT molecular complexity index is 959. The van der Waals surface area contributed by atoms with Crippen LogP contribution in [-0.2, 0) is 16.0 Å². The lowest BCUT2D eigenvalue weighted by Crippen LogP contribution is -2.48. The first kappa shape index (κ1) is 21.3. The van der Waals surface area contributed by atoms with Crippen LogP contribution in [0.25, 0.3) is 10.6 Å². The molecule has 2 aliphatic carbocycles. The third-order valence-corrected chi connectivity index (χ3v) is 11.5. The van der Waals surface area contributed by atoms with Crippen LogP contribution in [0.15, 0.2) is 29.6 Å². The molecule has 2 bridgehead atoms. The maximum Gasteiger partial charge on any atom is 0.244 e. The quantitative estimate of drug-likeness (QED) is 0.644. The fourth-order valence-corrected chi connectivity index (χ4v) is 9.93. The van der Waals surface area contributed by atoms with Gasteiger partial charge in [-0.15, -0.1) is 34.9 Å². The lowest BCUT2D eigenvalue weighted by atomic mass is 9.79. The summed E-state index contributed by atoms with van der Waals surface area (Å²) in [6.45, 7) is 0. The number of thiazole rings is 1. The topological polar surface area (TPSA) is 71.1 Å². The lowest BCUT2D eigenvalue weighted by molar-refractivity contribution is -0.132. The summed E-state index contributed by atoms with van der Waals surface area (Å²) in [5, 5.41) is 2.55. The molecule has 2 atom stereocenters. The van der Waals surface area contributed by atoms with E-state index in [1.807, 2.05) is 5.38 Å². The number of hydrogen-bond donors (Lipinski definition) is 2. The molecule has 9 heteroatoms. The zero-order valence-corrected chi connectivity index (χ0v) is 19.4. The van der Waals surface area contributed by atoms with Crippen LogP contribution in [-0.4, -0.2) is 32.4 Å². The molecule has 2 heterocycles. The summed E-state index contributed by atoms with van der Waals surface area (Å²) in [4.78, 5) is 29.5. The van der Waals surface area contributed by atoms with E-state index in [2.05, 4.69) is 39.4 Å². The molecule has 2 aromatic rings. The van der Waals surface area contributed by atoms with Crippen molar-refractivity contribution in [1.82, 2.24) is 15.8 Å². The van der Waals surface area contributed by atoms with Crippen LogP contribution < -0.4 is 10.9 Å². The van der Waals surface area contributed by atoms with Gasteiger partial charge in [0.25, 0.3) is 0 Å². The first-order valence-corrected chi connectivity index (χ1v) is 13.5. The van der Waals surface area contributed by atoms with Crippen LogP contribution in [0.3, 0.4) is 0 Å². The Kier molecular flexibility index (Phi) is 6.00. The number of benzene rings is 1. The average molecular weight is 478 g/mol. The summed E-state index contributed by atoms with van der Waals surface area (Å²) in [6.07, 6.45) is 4.38. The maximum atomic E-state index is 13.1. The first-order chi connectivity index (χ1) is 15.0. The molecule has 3 fully saturated rings. The number of carbonyl (C=O) groups excluding carboxylic acids is 2. The van der Waals surface area contributed by atoms with Crippen LogP contribution in [0, 0.1) is 23.6 Å². The van der Waals surface area contributed by atoms with E-state index in [0.717, 1.165) is 23.4 Å². The van der Waals surface area contributed by atoms with Gasteiger partial charge in [0.2, 0.25) is 11.8 Å². The van der Waals surface area contributed by atoms with E-state index in [0.29, 0.717) is 21.6 Å². The SMILES string of the molecule is O=C(Cc1csc(-c2ccc(F)cc2)n1)NNC(=O)C1CC2CCC(C1)C21SCCS1. The molecule has 1 aromatic carbocycles. The molecule has 2 N–H and O–H groups in total. The third-order valence-electron chi connectivity index (χ3n) is 6.56. The zero-order valence-electron chi connectivity index (χ0n) is 16.9. The van der Waals surface area contributed by atoms with Crippen molar-refractivity contribution in [3.63, 3.8) is 0 Å². The Morgan fingerprint density at radius 3 is 2.42 bits per heavy atom. The Balaban J connectivity index is 1.12. The van der Waals surface area contributed by atoms with Gasteiger partial charge >= 0.3 is 0 Å². The van der Waals surface area contributed by atoms with Crippen LogP contribution in [0.4, 0.5) is 4.39 Å². The molecular formula is C22H24FN3O2S3. The van der Waals surface area contributed by atoms with Gasteiger partial charge in [0.15, 0.2) is 0 Å². The van der Waals surface area contributed by atoms with Crippen LogP contribution in [0.2, 0.25) is 0 Å². The second-order valence-corrected chi connectivity index (χ2v) is 12.3. The number of hydrazine groups is 1. The molecular weight excluding hydrogens is 453 g/mol. The summed E-state index contributed by atoms with van der Waals surface area (Å²) in [5.41, 5.74) is 6.65. The molecule has 5 nitrogen and oxygen atoms in total. The molecule has 1 saturated heterocycles. The highest BCUT2D eigenvalue weighted by Crippen LogP contribution is 2.65. The molecule has 31 heavy (non-hydrogen) atoms. The van der Waals surface area contributed by atoms with Gasteiger partial charge in [-0.1, -0.05) is 0 Å². The van der Waals surface area contributed by atoms with E-state index >= 15 is 0 Å². The highest BCUT2D eigenvalue weighted by atomic mass is 32.2. The van der Waals surface area contributed by atoms with Gasteiger partial charge in [-0.3, -0.25) is 20.4 Å². The number of halogens is 1. The van der Waals surface area contributed by atoms with E-state index in [1.165, 1.54) is 47.8 Å². The number of aromatic nitrogens is 1. The highest BCUT2D eigenvalue weighted by Gasteiger charge is 2.57. The van der Waals surface area contributed by atoms with Crippen molar-refractivity contribution in [3.8, 4) is 10.6 Å². The molecule has 2 saturated carbocycles. The highest BCUT2D eigenvalue weighted by molar-refractivity contribution is 8.21. The maximum absolute atomic E-state index is 13.1. The van der Waals surface area contributed by atoms with E-state index in [-0.39, 0.29) is 30.0 Å². The minimum absolute atomic E-state index is 0.0189. The van der Waals surface area contributed by atoms with Crippen LogP contribution >= 0.6 is 34.9 Å². The van der Waals surface area contributed by atoms with Crippen LogP contribution in [0.1, 0.15) is 31.4 Å². The standard InChI is InChI=1S/C22H24FN3O2S3/c23-17-5-1-13(2-6-17)21-24-18(12-29-21)11-19(27)25-26-20(28)14-9-15-3-4-16(10-14)22(15)30-7-8-31-22/h1-2,5-6,12,14-16H,3-4,7-11H2,(H,25,27)(H,26,28). The summed E-state index contributed by atoms with van der Waals surface area (Å²) in [5.74, 6) is 2.99. The van der Waals surface area contributed by atoms with Gasteiger partial charge in [0.1, 0.15) is 10.8 Å². The summed E-state index contributed by atoms with van der Waals surface area (Å²) in [6, 6.07) is 6.12. The van der Waals surface area contributed by atoms with Crippen molar-refractivity contribution in [2.45, 2.75) is 36.2 Å². The largest absolute Gasteiger partial charge is 0.273 e. The number of nitrogens with one attached hydrogen (secondary N) is 2. The zero-order chi connectivity index (χ0) is 21.4. The fraction of sp³-hybridized carbons (Fsp3) is 0.500. The molecule has 5 rings (SSSR count). The molecule has 1 aliphatic heterocycles. The third kappa shape index (κ3) is 4.24. The first-order valence-electron chi connectivity index (χ1n) is 10.6. The van der Waals surface area contributed by atoms with Crippen molar-refractivity contribution >= 4 is 46.7 Å². The number of thioether (sulfide) groups is 2. The van der Waals surface area contributed by atoms with Gasteiger partial charge in [-0.25, -0.2) is 9.37 Å². The van der Waals surface area contributed by atoms with Crippen molar-refractivity contribution in [3.05, 3.63) is 41.2 Å². The summed E-state index contributed by atoms with van der Waals surface area (Å²) < 4.78 is 13.4. The van der Waals surface area contributed by atoms with Gasteiger partial charge in [0, 0.05) is 28.4 Å². The molecule has 2 amide bonds. The van der Waals surface area contributed by atoms with Gasteiger partial charge in [-0.05, 0) is 61.8 Å². The molecule has 0 radical (unpaired) electrons. The molecule has 2 unspecified atom stereocenters. The van der Waals surface area contributed by atoms with Gasteiger partial charge in [0.05, 0.1) is 16.2 Å². The van der Waals surface area contributed by atoms with Crippen LogP contribution in [0.5, 0.6) is 0 Å². The minimum Gasteiger partial charge on any atom is -0.273 e. The van der Waals surface area contributed by atoms with Crippen molar-refractivity contribution in [2.24, 2.45) is 17.8 Å². The van der Waals surface area contributed by atoms with E-state index < -0.39 is 0 Å². The average Bonchev–Trinajstić information content (AvgIpc) is 3.47. The van der Waals surface area contributed by atoms with Gasteiger partial charge < -0.3 is 0 Å². The Morgan fingerprint density at radius 2 is 1.74 bits per heavy atom. The van der Waals surface area contributed by atoms with E-state index in [1.54, 1.807) is 12.1 Å². The number of hydrogen-bond acceptors (Lipinski definition) is 6. The number of nitrogens with zero attached hydrogens (tertiary/aromatic N) is 1. The predicted octanol–water partition coefficient (Wildman–Crippen LogP) is 4.25. The monoisotopic (exact) mass is 477 g/mol. The summed E-state index contributed by atoms with van der Waals surface area (Å²) >= 11 is 5.64. The second kappa shape index (κ2) is 8.75. The Labute approximate surface area is 193 Å². The normalized spacial score (nSPS) is 26.2. The molecule has 3 aliphatic rings. The van der Waals surface area contributed by atoms with Crippen molar-refractivity contribution < 1.29 is 14.0 Å². The molecule has 1 spiro atoms. The lowest BCUT2D eigenvalue weighted by Gasteiger charge is -2.42. The smallest absolute Gasteiger partial charge is 0.244 e. The van der Waals surface area contributed by atoms with Gasteiger partial charge in [-0.2, -0.15) is 0 Å². The Hall–Kier alpha value is -1.58. The Morgan fingerprint density at radius 1 is 1.06 bits per heavy atom. The number of amides is 2. The van der Waals surface area contributed by atoms with E-state index in [9.17, 15) is 14.0 Å². The second-order valence-electron chi connectivity index (χ2n) is 8.42. The van der Waals surface area contributed by atoms with E-state index in [4.69, 9.17) is 0 Å². The predicted molar refractivity (Wildman–Crippen MR) is 124 cm³/mol. The van der Waals surface area contributed by atoms with Crippen molar-refractivity contribution in [1.29, 1.82) is 0 Å². The van der Waals surface area contributed by atoms with Crippen molar-refractivity contribution in [2.75, 3.05) is 11.5 Å².